The van der Waals surface area contributed by atoms with Gasteiger partial charge in [-0.3, -0.25) is 0 Å². The summed E-state index contributed by atoms with van der Waals surface area (Å²) in [4.78, 5) is 1.97. The average Bonchev–Trinajstić information content (AvgIpc) is 2.36. The number of aliphatic hydroxyl groups excluding tert-OH is 1. The number of benzene rings is 1. The van der Waals surface area contributed by atoms with Gasteiger partial charge in [-0.1, -0.05) is 12.0 Å². The molecule has 1 rings (SSSR count). The summed E-state index contributed by atoms with van der Waals surface area (Å²) in [5.74, 6) is 2.60. The molecule has 0 saturated heterocycles. The number of rotatable bonds is 6. The van der Waals surface area contributed by atoms with Crippen molar-refractivity contribution in [2.75, 3.05) is 25.1 Å². The predicted octanol–water partition coefficient (Wildman–Crippen LogP) is 1.89. The second-order valence-electron chi connectivity index (χ2n) is 4.61. The third-order valence-corrected chi connectivity index (χ3v) is 2.56. The van der Waals surface area contributed by atoms with Crippen molar-refractivity contribution in [2.45, 2.75) is 26.1 Å². The summed E-state index contributed by atoms with van der Waals surface area (Å²) in [5.41, 5.74) is 1.83. The monoisotopic (exact) mass is 247 g/mol. The van der Waals surface area contributed by atoms with E-state index in [0.29, 0.717) is 13.2 Å². The van der Waals surface area contributed by atoms with Crippen LogP contribution in [0.2, 0.25) is 0 Å². The third-order valence-electron chi connectivity index (χ3n) is 2.56. The maximum atomic E-state index is 9.85. The number of likely N-dealkylation sites (N-methyl/N-ethyl adjacent to an activating group) is 1. The van der Waals surface area contributed by atoms with Gasteiger partial charge in [0.1, 0.15) is 0 Å². The molecule has 0 bridgehead atoms. The van der Waals surface area contributed by atoms with Gasteiger partial charge < -0.3 is 14.7 Å². The Balaban J connectivity index is 2.54. The molecule has 0 heterocycles. The quantitative estimate of drug-likeness (QED) is 0.779. The van der Waals surface area contributed by atoms with Crippen molar-refractivity contribution in [3.8, 4) is 12.3 Å². The Morgan fingerprint density at radius 3 is 2.78 bits per heavy atom. The summed E-state index contributed by atoms with van der Waals surface area (Å²) < 4.78 is 5.38. The molecule has 98 valence electrons. The van der Waals surface area contributed by atoms with E-state index in [1.807, 2.05) is 50.1 Å². The summed E-state index contributed by atoms with van der Waals surface area (Å²) >= 11 is 0. The van der Waals surface area contributed by atoms with Gasteiger partial charge in [-0.2, -0.15) is 0 Å². The second kappa shape index (κ2) is 7.05. The Morgan fingerprint density at radius 2 is 2.17 bits per heavy atom. The first-order chi connectivity index (χ1) is 8.52. The van der Waals surface area contributed by atoms with Gasteiger partial charge in [0.15, 0.2) is 0 Å². The molecule has 0 aliphatic rings. The molecule has 0 aliphatic heterocycles. The van der Waals surface area contributed by atoms with E-state index in [-0.39, 0.29) is 6.10 Å². The molecule has 0 fully saturated rings. The number of ether oxygens (including phenoxy) is 1. The van der Waals surface area contributed by atoms with Crippen LogP contribution in [-0.4, -0.2) is 37.5 Å². The average molecular weight is 247 g/mol. The van der Waals surface area contributed by atoms with Crippen LogP contribution in [0.3, 0.4) is 0 Å². The largest absolute Gasteiger partial charge is 0.389 e. The molecule has 1 atom stereocenters. The van der Waals surface area contributed by atoms with Crippen LogP contribution < -0.4 is 4.90 Å². The Labute approximate surface area is 109 Å². The fraction of sp³-hybridized carbons (Fsp3) is 0.467. The minimum atomic E-state index is -0.508. The van der Waals surface area contributed by atoms with Crippen molar-refractivity contribution in [3.63, 3.8) is 0 Å². The number of nitrogens with zero attached hydrogens (tertiary/aromatic N) is 1. The van der Waals surface area contributed by atoms with Crippen LogP contribution in [0, 0.1) is 12.3 Å². The fourth-order valence-electron chi connectivity index (χ4n) is 1.61. The normalized spacial score (nSPS) is 12.2. The van der Waals surface area contributed by atoms with E-state index in [4.69, 9.17) is 11.2 Å². The topological polar surface area (TPSA) is 32.7 Å². The van der Waals surface area contributed by atoms with E-state index in [2.05, 4.69) is 5.92 Å². The maximum Gasteiger partial charge on any atom is 0.0948 e. The molecule has 0 aromatic heterocycles. The number of hydrogen-bond acceptors (Lipinski definition) is 3. The van der Waals surface area contributed by atoms with Crippen molar-refractivity contribution >= 4 is 5.69 Å². The van der Waals surface area contributed by atoms with E-state index in [1.54, 1.807) is 0 Å². The first-order valence-corrected chi connectivity index (χ1v) is 6.10. The van der Waals surface area contributed by atoms with E-state index >= 15 is 0 Å². The number of hydrogen-bond donors (Lipinski definition) is 1. The number of anilines is 1. The van der Waals surface area contributed by atoms with Gasteiger partial charge in [0, 0.05) is 24.8 Å². The van der Waals surface area contributed by atoms with Gasteiger partial charge in [-0.05, 0) is 32.0 Å². The van der Waals surface area contributed by atoms with Crippen LogP contribution in [-0.2, 0) is 4.74 Å². The molecule has 3 nitrogen and oxygen atoms in total. The van der Waals surface area contributed by atoms with Crippen LogP contribution in [0.15, 0.2) is 24.3 Å². The lowest BCUT2D eigenvalue weighted by molar-refractivity contribution is 0.00927. The van der Waals surface area contributed by atoms with Gasteiger partial charge in [-0.25, -0.2) is 0 Å². The zero-order valence-corrected chi connectivity index (χ0v) is 11.3. The molecular formula is C15H21NO2. The smallest absolute Gasteiger partial charge is 0.0948 e. The van der Waals surface area contributed by atoms with Crippen LogP contribution in [0.5, 0.6) is 0 Å². The summed E-state index contributed by atoms with van der Waals surface area (Å²) in [5, 5.41) is 9.85. The molecule has 1 aromatic rings. The molecule has 1 aromatic carbocycles. The van der Waals surface area contributed by atoms with Gasteiger partial charge in [0.05, 0.1) is 18.8 Å². The minimum absolute atomic E-state index is 0.134. The zero-order valence-electron chi connectivity index (χ0n) is 11.3. The molecule has 3 heteroatoms. The predicted molar refractivity (Wildman–Crippen MR) is 74.7 cm³/mol. The van der Waals surface area contributed by atoms with Crippen molar-refractivity contribution in [2.24, 2.45) is 0 Å². The minimum Gasteiger partial charge on any atom is -0.389 e. The van der Waals surface area contributed by atoms with Gasteiger partial charge >= 0.3 is 0 Å². The molecule has 0 radical (unpaired) electrons. The van der Waals surface area contributed by atoms with Crippen molar-refractivity contribution in [1.29, 1.82) is 0 Å². The molecule has 1 N–H and O–H groups in total. The van der Waals surface area contributed by atoms with E-state index in [1.165, 1.54) is 0 Å². The molecule has 0 spiro atoms. The van der Waals surface area contributed by atoms with Gasteiger partial charge in [-0.15, -0.1) is 6.42 Å². The van der Waals surface area contributed by atoms with E-state index in [9.17, 15) is 5.11 Å². The Hall–Kier alpha value is -1.50. The van der Waals surface area contributed by atoms with Crippen molar-refractivity contribution < 1.29 is 9.84 Å². The number of aliphatic hydroxyl groups is 1. The first-order valence-electron chi connectivity index (χ1n) is 6.10. The Bertz CT molecular complexity index is 409. The molecule has 18 heavy (non-hydrogen) atoms. The highest BCUT2D eigenvalue weighted by molar-refractivity contribution is 5.51. The molecule has 0 amide bonds. The van der Waals surface area contributed by atoms with Crippen LogP contribution >= 0.6 is 0 Å². The highest BCUT2D eigenvalue weighted by Gasteiger charge is 2.10. The van der Waals surface area contributed by atoms with Gasteiger partial charge in [0.25, 0.3) is 0 Å². The SMILES string of the molecule is C#Cc1cccc(N(C)CC(O)COC(C)C)c1. The lowest BCUT2D eigenvalue weighted by Crippen LogP contribution is -2.32. The summed E-state index contributed by atoms with van der Waals surface area (Å²) in [6.45, 7) is 4.76. The Kier molecular flexibility index (Phi) is 5.70. The molecular weight excluding hydrogens is 226 g/mol. The van der Waals surface area contributed by atoms with Crippen LogP contribution in [0.1, 0.15) is 19.4 Å². The van der Waals surface area contributed by atoms with Gasteiger partial charge in [0.2, 0.25) is 0 Å². The summed E-state index contributed by atoms with van der Waals surface area (Å²) in [6.07, 6.45) is 4.99. The lowest BCUT2D eigenvalue weighted by atomic mass is 10.2. The zero-order chi connectivity index (χ0) is 13.5. The van der Waals surface area contributed by atoms with Crippen molar-refractivity contribution in [3.05, 3.63) is 29.8 Å². The molecule has 0 saturated carbocycles. The fourth-order valence-corrected chi connectivity index (χ4v) is 1.61. The lowest BCUT2D eigenvalue weighted by Gasteiger charge is -2.23. The number of terminal acetylenes is 1. The van der Waals surface area contributed by atoms with E-state index in [0.717, 1.165) is 11.3 Å². The Morgan fingerprint density at radius 1 is 1.44 bits per heavy atom. The third kappa shape index (κ3) is 4.79. The van der Waals surface area contributed by atoms with Crippen molar-refractivity contribution in [1.82, 2.24) is 0 Å². The second-order valence-corrected chi connectivity index (χ2v) is 4.61. The van der Waals surface area contributed by atoms with Crippen LogP contribution in [0.25, 0.3) is 0 Å². The molecule has 1 unspecified atom stereocenters. The molecule has 0 aliphatic carbocycles. The maximum absolute atomic E-state index is 9.85. The standard InChI is InChI=1S/C15H21NO2/c1-5-13-7-6-8-14(9-13)16(4)10-15(17)11-18-12(2)3/h1,6-9,12,15,17H,10-11H2,2-4H3. The van der Waals surface area contributed by atoms with Crippen LogP contribution in [0.4, 0.5) is 5.69 Å². The summed E-state index contributed by atoms with van der Waals surface area (Å²) in [7, 11) is 1.92. The van der Waals surface area contributed by atoms with E-state index < -0.39 is 6.10 Å². The summed E-state index contributed by atoms with van der Waals surface area (Å²) in [6, 6.07) is 7.69. The first kappa shape index (κ1) is 14.6. The highest BCUT2D eigenvalue weighted by Crippen LogP contribution is 2.14. The highest BCUT2D eigenvalue weighted by atomic mass is 16.5.